The van der Waals surface area contributed by atoms with Crippen LogP contribution in [0, 0.1) is 13.8 Å². The molecule has 0 saturated heterocycles. The molecule has 3 rings (SSSR count). The zero-order valence-corrected chi connectivity index (χ0v) is 16.2. The summed E-state index contributed by atoms with van der Waals surface area (Å²) in [6.07, 6.45) is 0.723. The summed E-state index contributed by atoms with van der Waals surface area (Å²) in [6.45, 7) is 3.40. The van der Waals surface area contributed by atoms with E-state index >= 15 is 0 Å². The van der Waals surface area contributed by atoms with E-state index in [9.17, 15) is 13.6 Å². The number of hydrogen-bond donors (Lipinski definition) is 2. The second-order valence-corrected chi connectivity index (χ2v) is 6.66. The number of carbonyl (C=O) groups excluding carboxylic acids is 1. The third kappa shape index (κ3) is 4.86. The van der Waals surface area contributed by atoms with Crippen LogP contribution in [0.15, 0.2) is 30.6 Å². The molecule has 0 fully saturated rings. The number of ether oxygens (including phenoxy) is 1. The predicted octanol–water partition coefficient (Wildman–Crippen LogP) is 2.46. The zero-order chi connectivity index (χ0) is 21.0. The SMILES string of the molecule is Cc1cc(Cn2cc3c(C(=O)NCCO)nccc3n2)cc(C)c1OCC(F)F. The summed E-state index contributed by atoms with van der Waals surface area (Å²) in [5.41, 5.74) is 3.33. The Kier molecular flexibility index (Phi) is 6.38. The zero-order valence-electron chi connectivity index (χ0n) is 16.2. The second kappa shape index (κ2) is 8.95. The van der Waals surface area contributed by atoms with Crippen molar-refractivity contribution < 1.29 is 23.4 Å². The Morgan fingerprint density at radius 1 is 1.31 bits per heavy atom. The summed E-state index contributed by atoms with van der Waals surface area (Å²) in [4.78, 5) is 16.4. The molecule has 154 valence electrons. The molecule has 0 aliphatic rings. The summed E-state index contributed by atoms with van der Waals surface area (Å²) in [7, 11) is 0. The molecule has 7 nitrogen and oxygen atoms in total. The van der Waals surface area contributed by atoms with Gasteiger partial charge in [-0.05, 0) is 36.6 Å². The van der Waals surface area contributed by atoms with Crippen molar-refractivity contribution in [3.63, 3.8) is 0 Å². The van der Waals surface area contributed by atoms with E-state index in [1.165, 1.54) is 6.20 Å². The van der Waals surface area contributed by atoms with Crippen LogP contribution in [-0.2, 0) is 6.54 Å². The number of halogens is 2. The molecule has 0 atom stereocenters. The Bertz CT molecular complexity index is 997. The highest BCUT2D eigenvalue weighted by Crippen LogP contribution is 2.26. The van der Waals surface area contributed by atoms with Gasteiger partial charge in [-0.1, -0.05) is 12.1 Å². The van der Waals surface area contributed by atoms with Gasteiger partial charge in [0.15, 0.2) is 0 Å². The van der Waals surface area contributed by atoms with Crippen LogP contribution in [0.25, 0.3) is 10.9 Å². The monoisotopic (exact) mass is 404 g/mol. The number of carbonyl (C=O) groups is 1. The number of nitrogens with one attached hydrogen (secondary N) is 1. The van der Waals surface area contributed by atoms with Crippen molar-refractivity contribution >= 4 is 16.8 Å². The van der Waals surface area contributed by atoms with Crippen LogP contribution in [0.2, 0.25) is 0 Å². The number of aryl methyl sites for hydroxylation is 2. The number of aliphatic hydroxyl groups excluding tert-OH is 1. The number of nitrogens with zero attached hydrogens (tertiary/aromatic N) is 3. The van der Waals surface area contributed by atoms with Crippen molar-refractivity contribution in [2.24, 2.45) is 0 Å². The van der Waals surface area contributed by atoms with Crippen LogP contribution < -0.4 is 10.1 Å². The van der Waals surface area contributed by atoms with Gasteiger partial charge in [-0.25, -0.2) is 8.78 Å². The quantitative estimate of drug-likeness (QED) is 0.602. The van der Waals surface area contributed by atoms with Gasteiger partial charge >= 0.3 is 0 Å². The van der Waals surface area contributed by atoms with Gasteiger partial charge in [-0.15, -0.1) is 0 Å². The average molecular weight is 404 g/mol. The molecule has 0 unspecified atom stereocenters. The molecular weight excluding hydrogens is 382 g/mol. The summed E-state index contributed by atoms with van der Waals surface area (Å²) in [5.74, 6) is 0.0862. The van der Waals surface area contributed by atoms with Crippen LogP contribution in [0.5, 0.6) is 5.75 Å². The van der Waals surface area contributed by atoms with E-state index in [4.69, 9.17) is 9.84 Å². The number of amides is 1. The van der Waals surface area contributed by atoms with E-state index in [0.717, 1.165) is 16.7 Å². The molecule has 1 amide bonds. The van der Waals surface area contributed by atoms with Gasteiger partial charge in [0, 0.05) is 18.9 Å². The van der Waals surface area contributed by atoms with Gasteiger partial charge in [0.25, 0.3) is 12.3 Å². The molecule has 29 heavy (non-hydrogen) atoms. The highest BCUT2D eigenvalue weighted by Gasteiger charge is 2.15. The van der Waals surface area contributed by atoms with E-state index in [-0.39, 0.29) is 24.8 Å². The summed E-state index contributed by atoms with van der Waals surface area (Å²) < 4.78 is 31.8. The highest BCUT2D eigenvalue weighted by atomic mass is 19.3. The number of fused-ring (bicyclic) bond motifs is 1. The normalized spacial score (nSPS) is 11.2. The predicted molar refractivity (Wildman–Crippen MR) is 103 cm³/mol. The van der Waals surface area contributed by atoms with Crippen molar-refractivity contribution in [2.45, 2.75) is 26.8 Å². The molecule has 0 radical (unpaired) electrons. The van der Waals surface area contributed by atoms with Crippen molar-refractivity contribution in [2.75, 3.05) is 19.8 Å². The molecule has 0 saturated carbocycles. The molecule has 9 heteroatoms. The minimum Gasteiger partial charge on any atom is -0.487 e. The summed E-state index contributed by atoms with van der Waals surface area (Å²) in [5, 5.41) is 16.6. The molecule has 0 aliphatic carbocycles. The Hall–Kier alpha value is -3.07. The van der Waals surface area contributed by atoms with Crippen LogP contribution >= 0.6 is 0 Å². The van der Waals surface area contributed by atoms with E-state index in [0.29, 0.717) is 23.2 Å². The fraction of sp³-hybridized carbons (Fsp3) is 0.350. The fourth-order valence-corrected chi connectivity index (χ4v) is 3.20. The Morgan fingerprint density at radius 3 is 2.69 bits per heavy atom. The third-order valence-corrected chi connectivity index (χ3v) is 4.31. The first-order valence-corrected chi connectivity index (χ1v) is 9.11. The summed E-state index contributed by atoms with van der Waals surface area (Å²) >= 11 is 0. The number of benzene rings is 1. The van der Waals surface area contributed by atoms with Gasteiger partial charge in [-0.2, -0.15) is 5.10 Å². The molecule has 1 aromatic carbocycles. The standard InChI is InChI=1S/C20H22F2N4O3/c1-12-7-14(8-13(2)19(12)29-11-17(21)22)9-26-10-15-16(25-26)3-4-23-18(15)20(28)24-5-6-27/h3-4,7-8,10,17,27H,5-6,9,11H2,1-2H3,(H,24,28). The maximum absolute atomic E-state index is 12.4. The molecule has 0 aliphatic heterocycles. The average Bonchev–Trinajstić information content (AvgIpc) is 3.07. The van der Waals surface area contributed by atoms with Crippen LogP contribution in [0.1, 0.15) is 27.2 Å². The first kappa shape index (κ1) is 20.7. The first-order valence-electron chi connectivity index (χ1n) is 9.11. The molecule has 2 N–H and O–H groups in total. The lowest BCUT2D eigenvalue weighted by Gasteiger charge is -2.14. The number of aliphatic hydroxyl groups is 1. The van der Waals surface area contributed by atoms with Crippen LogP contribution in [0.3, 0.4) is 0 Å². The maximum Gasteiger partial charge on any atom is 0.272 e. The number of pyridine rings is 1. The van der Waals surface area contributed by atoms with Crippen molar-refractivity contribution in [3.05, 3.63) is 53.0 Å². The largest absolute Gasteiger partial charge is 0.487 e. The molecule has 2 aromatic heterocycles. The van der Waals surface area contributed by atoms with E-state index in [1.807, 2.05) is 26.0 Å². The Morgan fingerprint density at radius 2 is 2.03 bits per heavy atom. The maximum atomic E-state index is 12.4. The molecule has 3 aromatic rings. The topological polar surface area (TPSA) is 89.3 Å². The van der Waals surface area contributed by atoms with Gasteiger partial charge in [0.2, 0.25) is 0 Å². The lowest BCUT2D eigenvalue weighted by atomic mass is 10.1. The minimum atomic E-state index is -2.53. The smallest absolute Gasteiger partial charge is 0.272 e. The highest BCUT2D eigenvalue weighted by molar-refractivity contribution is 6.04. The van der Waals surface area contributed by atoms with E-state index in [1.54, 1.807) is 16.9 Å². The molecular formula is C20H22F2N4O3. The third-order valence-electron chi connectivity index (χ3n) is 4.31. The summed E-state index contributed by atoms with van der Waals surface area (Å²) in [6, 6.07) is 5.45. The molecule has 2 heterocycles. The number of rotatable bonds is 8. The van der Waals surface area contributed by atoms with Gasteiger partial charge in [-0.3, -0.25) is 14.5 Å². The number of alkyl halides is 2. The second-order valence-electron chi connectivity index (χ2n) is 6.66. The molecule has 0 spiro atoms. The Labute approximate surface area is 166 Å². The lowest BCUT2D eigenvalue weighted by molar-refractivity contribution is 0.0812. The lowest BCUT2D eigenvalue weighted by Crippen LogP contribution is -2.27. The van der Waals surface area contributed by atoms with Gasteiger partial charge in [0.05, 0.1) is 24.1 Å². The molecule has 0 bridgehead atoms. The van der Waals surface area contributed by atoms with Crippen LogP contribution in [0.4, 0.5) is 8.78 Å². The van der Waals surface area contributed by atoms with Gasteiger partial charge < -0.3 is 15.2 Å². The van der Waals surface area contributed by atoms with Crippen LogP contribution in [-0.4, -0.2) is 52.0 Å². The Balaban J connectivity index is 1.84. The van der Waals surface area contributed by atoms with E-state index in [2.05, 4.69) is 15.4 Å². The first-order chi connectivity index (χ1) is 13.9. The van der Waals surface area contributed by atoms with Crippen molar-refractivity contribution in [3.8, 4) is 5.75 Å². The number of hydrogen-bond acceptors (Lipinski definition) is 5. The fourth-order valence-electron chi connectivity index (χ4n) is 3.20. The van der Waals surface area contributed by atoms with Crippen molar-refractivity contribution in [1.82, 2.24) is 20.1 Å². The van der Waals surface area contributed by atoms with E-state index < -0.39 is 13.0 Å². The number of aromatic nitrogens is 3. The van der Waals surface area contributed by atoms with Gasteiger partial charge in [0.1, 0.15) is 18.1 Å². The van der Waals surface area contributed by atoms with Crippen molar-refractivity contribution in [1.29, 1.82) is 0 Å². The minimum absolute atomic E-state index is 0.142.